The van der Waals surface area contributed by atoms with Crippen molar-refractivity contribution in [2.75, 3.05) is 43.4 Å². The number of aromatic nitrogens is 4. The molecule has 0 spiro atoms. The van der Waals surface area contributed by atoms with E-state index < -0.39 is 0 Å². The van der Waals surface area contributed by atoms with Crippen molar-refractivity contribution in [1.29, 1.82) is 0 Å². The highest BCUT2D eigenvalue weighted by molar-refractivity contribution is 6.08. The smallest absolute Gasteiger partial charge is 0.256 e. The van der Waals surface area contributed by atoms with Gasteiger partial charge in [0.1, 0.15) is 5.82 Å². The SMILES string of the molecule is CN1CCN(c2ccc(C(=O)Nc3[nH]nc4ncc(-c5ccncc5)cc34)cc2)CC1. The Hall–Kier alpha value is -3.78. The second-order valence-electron chi connectivity index (χ2n) is 7.72. The summed E-state index contributed by atoms with van der Waals surface area (Å²) in [6, 6.07) is 13.5. The highest BCUT2D eigenvalue weighted by Crippen LogP contribution is 2.26. The standard InChI is InChI=1S/C23H23N7O/c1-29-10-12-30(13-11-29)19-4-2-17(3-5-19)23(31)26-22-20-14-18(15-25-21(20)27-28-22)16-6-8-24-9-7-16/h2-9,14-15H,10-13H2,1H3,(H2,25,26,27,28,31). The Labute approximate surface area is 179 Å². The Balaban J connectivity index is 1.34. The summed E-state index contributed by atoms with van der Waals surface area (Å²) >= 11 is 0. The van der Waals surface area contributed by atoms with Crippen LogP contribution in [-0.4, -0.2) is 64.2 Å². The Kier molecular flexibility index (Phi) is 5.05. The van der Waals surface area contributed by atoms with Gasteiger partial charge in [0.25, 0.3) is 5.91 Å². The number of pyridine rings is 2. The summed E-state index contributed by atoms with van der Waals surface area (Å²) in [7, 11) is 2.14. The second kappa shape index (κ2) is 8.16. The zero-order valence-corrected chi connectivity index (χ0v) is 17.2. The first kappa shape index (κ1) is 19.2. The number of hydrogen-bond donors (Lipinski definition) is 2. The van der Waals surface area contributed by atoms with E-state index in [0.717, 1.165) is 48.4 Å². The van der Waals surface area contributed by atoms with E-state index in [1.54, 1.807) is 18.6 Å². The minimum atomic E-state index is -0.190. The van der Waals surface area contributed by atoms with Crippen molar-refractivity contribution in [3.05, 3.63) is 66.6 Å². The molecule has 1 aromatic carbocycles. The number of aromatic amines is 1. The molecule has 0 saturated carbocycles. The van der Waals surface area contributed by atoms with Crippen molar-refractivity contribution in [1.82, 2.24) is 25.1 Å². The average Bonchev–Trinajstić information content (AvgIpc) is 3.22. The fraction of sp³-hybridized carbons (Fsp3) is 0.217. The molecule has 1 aliphatic heterocycles. The van der Waals surface area contributed by atoms with Crippen molar-refractivity contribution < 1.29 is 4.79 Å². The molecule has 1 amide bonds. The Bertz CT molecular complexity index is 1200. The Morgan fingerprint density at radius 2 is 1.74 bits per heavy atom. The summed E-state index contributed by atoms with van der Waals surface area (Å²) in [4.78, 5) is 26.0. The minimum absolute atomic E-state index is 0.190. The average molecular weight is 413 g/mol. The first-order valence-electron chi connectivity index (χ1n) is 10.3. The van der Waals surface area contributed by atoms with E-state index in [2.05, 4.69) is 42.3 Å². The molecule has 0 unspecified atom stereocenters. The summed E-state index contributed by atoms with van der Waals surface area (Å²) in [5.74, 6) is 0.344. The van der Waals surface area contributed by atoms with Crippen LogP contribution in [-0.2, 0) is 0 Å². The fourth-order valence-electron chi connectivity index (χ4n) is 3.77. The number of H-pyrrole nitrogens is 1. The fourth-order valence-corrected chi connectivity index (χ4v) is 3.77. The number of rotatable bonds is 4. The molecule has 2 N–H and O–H groups in total. The first-order valence-corrected chi connectivity index (χ1v) is 10.3. The van der Waals surface area contributed by atoms with Gasteiger partial charge in [0.05, 0.1) is 5.39 Å². The monoisotopic (exact) mass is 413 g/mol. The van der Waals surface area contributed by atoms with Crippen molar-refractivity contribution in [3.63, 3.8) is 0 Å². The number of amides is 1. The van der Waals surface area contributed by atoms with Gasteiger partial charge in [-0.05, 0) is 55.1 Å². The number of carbonyl (C=O) groups excluding carboxylic acids is 1. The maximum atomic E-state index is 12.8. The summed E-state index contributed by atoms with van der Waals surface area (Å²) < 4.78 is 0. The van der Waals surface area contributed by atoms with Gasteiger partial charge in [-0.15, -0.1) is 0 Å². The van der Waals surface area contributed by atoms with Gasteiger partial charge in [0.15, 0.2) is 5.65 Å². The van der Waals surface area contributed by atoms with Crippen molar-refractivity contribution in [2.24, 2.45) is 0 Å². The van der Waals surface area contributed by atoms with Crippen LogP contribution in [0.4, 0.5) is 11.5 Å². The summed E-state index contributed by atoms with van der Waals surface area (Å²) in [6.07, 6.45) is 5.24. The van der Waals surface area contributed by atoms with Gasteiger partial charge in [0, 0.05) is 61.6 Å². The third-order valence-electron chi connectivity index (χ3n) is 5.66. The maximum absolute atomic E-state index is 12.8. The van der Waals surface area contributed by atoms with E-state index in [0.29, 0.717) is 17.0 Å². The Morgan fingerprint density at radius 3 is 2.48 bits per heavy atom. The second-order valence-corrected chi connectivity index (χ2v) is 7.72. The lowest BCUT2D eigenvalue weighted by Crippen LogP contribution is -2.44. The molecule has 1 aliphatic rings. The van der Waals surface area contributed by atoms with Crippen LogP contribution in [0, 0.1) is 0 Å². The molecule has 0 radical (unpaired) electrons. The molecule has 5 rings (SSSR count). The first-order chi connectivity index (χ1) is 15.2. The van der Waals surface area contributed by atoms with Crippen LogP contribution in [0.3, 0.4) is 0 Å². The third-order valence-corrected chi connectivity index (χ3v) is 5.66. The van der Waals surface area contributed by atoms with Gasteiger partial charge < -0.3 is 15.1 Å². The van der Waals surface area contributed by atoms with Gasteiger partial charge in [0.2, 0.25) is 0 Å². The molecule has 0 bridgehead atoms. The highest BCUT2D eigenvalue weighted by atomic mass is 16.1. The van der Waals surface area contributed by atoms with E-state index in [1.807, 2.05) is 42.5 Å². The van der Waals surface area contributed by atoms with Gasteiger partial charge in [-0.2, -0.15) is 5.10 Å². The van der Waals surface area contributed by atoms with Crippen molar-refractivity contribution in [2.45, 2.75) is 0 Å². The zero-order valence-electron chi connectivity index (χ0n) is 17.2. The molecule has 0 atom stereocenters. The number of anilines is 2. The molecule has 31 heavy (non-hydrogen) atoms. The summed E-state index contributed by atoms with van der Waals surface area (Å²) in [5, 5.41) is 10.8. The highest BCUT2D eigenvalue weighted by Gasteiger charge is 2.16. The molecule has 156 valence electrons. The largest absolute Gasteiger partial charge is 0.369 e. The number of benzene rings is 1. The van der Waals surface area contributed by atoms with Crippen LogP contribution in [0.15, 0.2) is 61.1 Å². The van der Waals surface area contributed by atoms with Crippen molar-refractivity contribution in [3.8, 4) is 11.1 Å². The van der Waals surface area contributed by atoms with Crippen LogP contribution in [0.5, 0.6) is 0 Å². The van der Waals surface area contributed by atoms with Crippen LogP contribution in [0.25, 0.3) is 22.2 Å². The molecule has 8 heteroatoms. The number of piperazine rings is 1. The van der Waals surface area contributed by atoms with Crippen molar-refractivity contribution >= 4 is 28.4 Å². The molecule has 4 aromatic rings. The molecular weight excluding hydrogens is 390 g/mol. The lowest BCUT2D eigenvalue weighted by Gasteiger charge is -2.34. The Morgan fingerprint density at radius 1 is 1.00 bits per heavy atom. The van der Waals surface area contributed by atoms with E-state index in [4.69, 9.17) is 0 Å². The number of nitrogens with one attached hydrogen (secondary N) is 2. The van der Waals surface area contributed by atoms with Crippen LogP contribution < -0.4 is 10.2 Å². The van der Waals surface area contributed by atoms with E-state index >= 15 is 0 Å². The quantitative estimate of drug-likeness (QED) is 0.535. The zero-order chi connectivity index (χ0) is 21.2. The predicted molar refractivity (Wildman–Crippen MR) is 121 cm³/mol. The molecule has 1 fully saturated rings. The van der Waals surface area contributed by atoms with Crippen LogP contribution in [0.1, 0.15) is 10.4 Å². The topological polar surface area (TPSA) is 90.0 Å². The predicted octanol–water partition coefficient (Wildman–Crippen LogP) is 3.02. The number of likely N-dealkylation sites (N-methyl/N-ethyl adjacent to an activating group) is 1. The summed E-state index contributed by atoms with van der Waals surface area (Å²) in [6.45, 7) is 4.08. The van der Waals surface area contributed by atoms with E-state index in [-0.39, 0.29) is 5.91 Å². The van der Waals surface area contributed by atoms with Gasteiger partial charge in [-0.25, -0.2) is 4.98 Å². The van der Waals surface area contributed by atoms with Gasteiger partial charge in [-0.3, -0.25) is 14.9 Å². The third kappa shape index (κ3) is 3.97. The molecule has 8 nitrogen and oxygen atoms in total. The minimum Gasteiger partial charge on any atom is -0.369 e. The number of hydrogen-bond acceptors (Lipinski definition) is 6. The summed E-state index contributed by atoms with van der Waals surface area (Å²) in [5.41, 5.74) is 4.23. The molecule has 1 saturated heterocycles. The normalized spacial score (nSPS) is 14.7. The van der Waals surface area contributed by atoms with Gasteiger partial charge in [-0.1, -0.05) is 0 Å². The van der Waals surface area contributed by atoms with Crippen LogP contribution in [0.2, 0.25) is 0 Å². The molecule has 4 heterocycles. The number of fused-ring (bicyclic) bond motifs is 1. The molecule has 0 aliphatic carbocycles. The van der Waals surface area contributed by atoms with Gasteiger partial charge >= 0.3 is 0 Å². The lowest BCUT2D eigenvalue weighted by molar-refractivity contribution is 0.102. The van der Waals surface area contributed by atoms with E-state index in [1.165, 1.54) is 0 Å². The molecule has 3 aromatic heterocycles. The number of carbonyl (C=O) groups is 1. The lowest BCUT2D eigenvalue weighted by atomic mass is 10.1. The maximum Gasteiger partial charge on any atom is 0.256 e. The van der Waals surface area contributed by atoms with E-state index in [9.17, 15) is 4.79 Å². The molecular formula is C23H23N7O. The number of nitrogens with zero attached hydrogens (tertiary/aromatic N) is 5. The van der Waals surface area contributed by atoms with Crippen LogP contribution >= 0.6 is 0 Å².